The van der Waals surface area contributed by atoms with Crippen molar-refractivity contribution >= 4 is 71.1 Å². The number of carboxylic acids is 1. The molecule has 31 nitrogen and oxygen atoms in total. The highest BCUT2D eigenvalue weighted by Crippen LogP contribution is 2.13. The van der Waals surface area contributed by atoms with Crippen LogP contribution in [0, 0.1) is 11.8 Å². The normalized spacial score (nSPS) is 15.0. The summed E-state index contributed by atoms with van der Waals surface area (Å²) in [5, 5.41) is 51.2. The summed E-state index contributed by atoms with van der Waals surface area (Å²) in [6, 6.07) is -2.20. The van der Waals surface area contributed by atoms with Gasteiger partial charge in [0.2, 0.25) is 53.2 Å². The van der Waals surface area contributed by atoms with Gasteiger partial charge in [0.25, 0.3) is 0 Å². The number of nitrogens with zero attached hydrogens (tertiary/aromatic N) is 4. The van der Waals surface area contributed by atoms with E-state index in [2.05, 4.69) is 62.5 Å². The Balaban J connectivity index is 2.33. The molecule has 1 aromatic heterocycles. The zero-order valence-electron chi connectivity index (χ0n) is 48.8. The van der Waals surface area contributed by atoms with Gasteiger partial charge in [0.15, 0.2) is 11.9 Å². The number of carboxylic acid groups (broad SMARTS) is 1. The molecule has 9 amide bonds. The van der Waals surface area contributed by atoms with Gasteiger partial charge in [-0.3, -0.25) is 53.1 Å². The molecule has 1 heterocycles. The van der Waals surface area contributed by atoms with E-state index >= 15 is 0 Å². The predicted octanol–water partition coefficient (Wildman–Crippen LogP) is -5.07. The number of aliphatic hydroxyl groups is 2. The molecule has 0 saturated carbocycles. The van der Waals surface area contributed by atoms with Gasteiger partial charge in [0.1, 0.15) is 42.3 Å². The van der Waals surface area contributed by atoms with Gasteiger partial charge in [-0.2, -0.15) is 0 Å². The van der Waals surface area contributed by atoms with Gasteiger partial charge in [-0.05, 0) is 76.7 Å². The number of aromatic amines is 1. The zero-order chi connectivity index (χ0) is 63.2. The van der Waals surface area contributed by atoms with Crippen LogP contribution in [0.2, 0.25) is 0 Å². The Labute approximate surface area is 488 Å². The molecule has 11 atom stereocenters. The third kappa shape index (κ3) is 26.6. The maximum atomic E-state index is 14.3. The fraction of sp³-hybridized carbons (Fsp3) is 0.604. The molecule has 84 heavy (non-hydrogen) atoms. The van der Waals surface area contributed by atoms with E-state index in [1.165, 1.54) is 19.4 Å². The Hall–Kier alpha value is -8.45. The third-order valence-corrected chi connectivity index (χ3v) is 13.1. The molecule has 0 aliphatic heterocycles. The minimum absolute atomic E-state index is 0.000404. The summed E-state index contributed by atoms with van der Waals surface area (Å²) in [4.78, 5) is 151. The van der Waals surface area contributed by atoms with Gasteiger partial charge in [-0.25, -0.2) is 9.78 Å². The van der Waals surface area contributed by atoms with Crippen molar-refractivity contribution in [1.29, 1.82) is 0 Å². The zero-order valence-corrected chi connectivity index (χ0v) is 48.8. The van der Waals surface area contributed by atoms with Crippen LogP contribution in [0.1, 0.15) is 98.2 Å². The van der Waals surface area contributed by atoms with Crippen molar-refractivity contribution in [3.05, 3.63) is 54.1 Å². The second-order valence-electron chi connectivity index (χ2n) is 20.8. The number of aliphatic imine (C=N–C) groups is 2. The van der Waals surface area contributed by atoms with Crippen LogP contribution in [0.4, 0.5) is 0 Å². The second-order valence-corrected chi connectivity index (χ2v) is 20.8. The lowest BCUT2D eigenvalue weighted by Gasteiger charge is -2.29. The highest BCUT2D eigenvalue weighted by atomic mass is 16.4. The van der Waals surface area contributed by atoms with Crippen molar-refractivity contribution in [3.63, 3.8) is 0 Å². The molecule has 468 valence electrons. The van der Waals surface area contributed by atoms with Crippen molar-refractivity contribution in [2.24, 2.45) is 50.5 Å². The van der Waals surface area contributed by atoms with Gasteiger partial charge < -0.3 is 96.4 Å². The number of rotatable bonds is 38. The first-order valence-electron chi connectivity index (χ1n) is 27.7. The summed E-state index contributed by atoms with van der Waals surface area (Å²) < 4.78 is 0. The van der Waals surface area contributed by atoms with Crippen LogP contribution in [-0.4, -0.2) is 195 Å². The molecule has 0 aliphatic carbocycles. The number of carbonyl (C=O) groups excluding carboxylic acids is 9. The highest BCUT2D eigenvalue weighted by Gasteiger charge is 2.37. The highest BCUT2D eigenvalue weighted by molar-refractivity contribution is 5.98. The number of nitrogens with two attached hydrogens (primary N) is 5. The Bertz CT molecular complexity index is 2520. The Morgan fingerprint density at radius 3 is 1.77 bits per heavy atom. The minimum atomic E-state index is -1.85. The number of aromatic nitrogens is 2. The van der Waals surface area contributed by atoms with Crippen LogP contribution < -0.4 is 71.2 Å². The average molecular weight is 1190 g/mol. The first kappa shape index (κ1) is 71.7. The molecule has 2 aromatic rings. The van der Waals surface area contributed by atoms with Gasteiger partial charge in [0.05, 0.1) is 37.7 Å². The number of H-pyrrole nitrogens is 1. The van der Waals surface area contributed by atoms with Crippen LogP contribution >= 0.6 is 0 Å². The summed E-state index contributed by atoms with van der Waals surface area (Å²) in [5.74, 6) is -10.2. The molecule has 0 fully saturated rings. The molecule has 0 radical (unpaired) electrons. The molecule has 1 aromatic carbocycles. The number of amides is 9. The number of hydrogen-bond acceptors (Lipinski definition) is 16. The molecule has 0 spiro atoms. The Kier molecular flexibility index (Phi) is 31.5. The Morgan fingerprint density at radius 1 is 0.655 bits per heavy atom. The van der Waals surface area contributed by atoms with E-state index in [1.54, 1.807) is 58.0 Å². The van der Waals surface area contributed by atoms with E-state index < -0.39 is 139 Å². The van der Waals surface area contributed by atoms with E-state index in [0.29, 0.717) is 18.5 Å². The van der Waals surface area contributed by atoms with Gasteiger partial charge in [-0.1, -0.05) is 64.4 Å². The van der Waals surface area contributed by atoms with Crippen molar-refractivity contribution in [2.75, 3.05) is 32.7 Å². The largest absolute Gasteiger partial charge is 0.480 e. The number of guanidine groups is 2. The molecule has 0 saturated heterocycles. The van der Waals surface area contributed by atoms with Crippen LogP contribution in [0.25, 0.3) is 0 Å². The van der Waals surface area contributed by atoms with E-state index in [1.807, 2.05) is 0 Å². The smallest absolute Gasteiger partial charge is 0.326 e. The quantitative estimate of drug-likeness (QED) is 0.0170. The fourth-order valence-corrected chi connectivity index (χ4v) is 8.16. The lowest BCUT2D eigenvalue weighted by Crippen LogP contribution is -2.62. The van der Waals surface area contributed by atoms with Crippen molar-refractivity contribution < 1.29 is 63.3 Å². The number of aliphatic hydroxyl groups excluding tert-OH is 2. The average Bonchev–Trinajstić information content (AvgIpc) is 3.67. The molecule has 1 unspecified atom stereocenters. The van der Waals surface area contributed by atoms with Gasteiger partial charge in [-0.15, -0.1) is 0 Å². The SMILES string of the molecule is CCC(C)[C@H](NC(=O)CN(CCCN=C(N)N)C(=O)CNC(=O)[C@@H](NC(=O)[C@@H](NC(=O)[C@H](Cc1cnc[nH]1)NC(=O)[C@H](CCc1ccccc1)NC(=O)[C@H](C)NC(=O)[C@@H](N)CCCN=C(N)N)[C@@H](C)O)[C@@H](C)O)C(=O)N[C@H](CC(C)C)C(=O)O. The van der Waals surface area contributed by atoms with Crippen LogP contribution in [-0.2, 0) is 60.8 Å². The first-order chi connectivity index (χ1) is 39.5. The minimum Gasteiger partial charge on any atom is -0.480 e. The van der Waals surface area contributed by atoms with Crippen LogP contribution in [0.3, 0.4) is 0 Å². The summed E-state index contributed by atoms with van der Waals surface area (Å²) in [6.45, 7) is 9.32. The van der Waals surface area contributed by atoms with E-state index in [9.17, 15) is 63.3 Å². The number of benzene rings is 1. The maximum Gasteiger partial charge on any atom is 0.326 e. The summed E-state index contributed by atoms with van der Waals surface area (Å²) in [5.41, 5.74) is 28.8. The molecule has 2 rings (SSSR count). The Morgan fingerprint density at radius 2 is 1.21 bits per heavy atom. The fourth-order valence-electron chi connectivity index (χ4n) is 8.16. The van der Waals surface area contributed by atoms with E-state index in [0.717, 1.165) is 24.3 Å². The summed E-state index contributed by atoms with van der Waals surface area (Å²) >= 11 is 0. The summed E-state index contributed by atoms with van der Waals surface area (Å²) in [7, 11) is 0. The van der Waals surface area contributed by atoms with Crippen molar-refractivity contribution in [2.45, 2.75) is 160 Å². The lowest BCUT2D eigenvalue weighted by atomic mass is 9.97. The number of nitrogens with one attached hydrogen (secondary N) is 9. The monoisotopic (exact) mass is 1180 g/mol. The van der Waals surface area contributed by atoms with Crippen LogP contribution in [0.5, 0.6) is 0 Å². The van der Waals surface area contributed by atoms with Gasteiger partial charge in [0, 0.05) is 37.9 Å². The molecule has 0 bridgehead atoms. The number of imidazole rings is 1. The third-order valence-electron chi connectivity index (χ3n) is 13.1. The molecule has 22 N–H and O–H groups in total. The van der Waals surface area contributed by atoms with Gasteiger partial charge >= 0.3 is 5.97 Å². The number of hydrogen-bond donors (Lipinski definition) is 17. The topological polar surface area (TPSA) is 514 Å². The van der Waals surface area contributed by atoms with E-state index in [4.69, 9.17) is 28.7 Å². The molecule has 31 heteroatoms. The predicted molar refractivity (Wildman–Crippen MR) is 309 cm³/mol. The second kappa shape index (κ2) is 36.9. The molecular formula is C53H88N18O13. The standard InChI is InChI=1S/C53H88N18O13/c1-8-29(4)41(49(81)67-38(51(83)84)22-28(2)3)68-39(74)26-71(21-13-20-61-53(57)58)40(75)25-62-48(80)42(31(6)72)70-50(82)43(32(7)73)69-47(79)37(23-34-24-59-27-63-34)66-46(78)36(18-17-33-14-10-9-11-15-33)65-44(76)30(5)64-45(77)35(54)16-12-19-60-52(55)56/h9-11,14-15,24,27-32,35-38,41-43,72-73H,8,12-13,16-23,25-26,54H2,1-7H3,(H,59,63)(H,62,80)(H,64,77)(H,65,76)(H,66,78)(H,67,81)(H,68,74)(H,69,79)(H,70,82)(H,83,84)(H4,55,56,60)(H4,57,58,61)/t29?,30-,31+,32+,35-,36-,37-,38+,41-,42-,43-/m0/s1. The maximum absolute atomic E-state index is 14.3. The number of carbonyl (C=O) groups is 10. The van der Waals surface area contributed by atoms with E-state index in [-0.39, 0.29) is 76.0 Å². The number of aryl methyl sites for hydroxylation is 1. The van der Waals surface area contributed by atoms with Crippen LogP contribution in [0.15, 0.2) is 52.8 Å². The van der Waals surface area contributed by atoms with Crippen molar-refractivity contribution in [1.82, 2.24) is 57.4 Å². The lowest BCUT2D eigenvalue weighted by molar-refractivity contribution is -0.143. The summed E-state index contributed by atoms with van der Waals surface area (Å²) in [6.07, 6.45) is 0.541. The first-order valence-corrected chi connectivity index (χ1v) is 27.7. The molecule has 0 aliphatic rings. The van der Waals surface area contributed by atoms with Crippen molar-refractivity contribution in [3.8, 4) is 0 Å². The molecular weight excluding hydrogens is 1100 g/mol. The number of aliphatic carboxylic acids is 1.